The molecule has 0 aromatic heterocycles. The van der Waals surface area contributed by atoms with Gasteiger partial charge in [0.15, 0.2) is 0 Å². The van der Waals surface area contributed by atoms with Crippen LogP contribution in [0.25, 0.3) is 0 Å². The van der Waals surface area contributed by atoms with Crippen molar-refractivity contribution in [1.29, 1.82) is 0 Å². The van der Waals surface area contributed by atoms with Crippen LogP contribution in [0.4, 0.5) is 4.79 Å². The number of likely N-dealkylation sites (N-methyl/N-ethyl adjacent to an activating group) is 1. The maximum Gasteiger partial charge on any atom is 0.327 e. The van der Waals surface area contributed by atoms with Gasteiger partial charge in [0.1, 0.15) is 13.1 Å². The predicted molar refractivity (Wildman–Crippen MR) is 63.9 cm³/mol. The number of imide groups is 1. The van der Waals surface area contributed by atoms with Crippen LogP contribution in [-0.2, 0) is 14.4 Å². The van der Waals surface area contributed by atoms with Crippen molar-refractivity contribution in [3.8, 4) is 0 Å². The molecule has 0 saturated carbocycles. The van der Waals surface area contributed by atoms with E-state index in [0.717, 1.165) is 4.90 Å². The second-order valence-corrected chi connectivity index (χ2v) is 4.64. The molecule has 0 unspecified atom stereocenters. The number of urea groups is 1. The summed E-state index contributed by atoms with van der Waals surface area (Å²) in [6, 6.07) is -0.474. The van der Waals surface area contributed by atoms with Crippen molar-refractivity contribution in [3.05, 3.63) is 0 Å². The minimum atomic E-state index is -0.474. The largest absolute Gasteiger partial charge is 0.354 e. The van der Waals surface area contributed by atoms with Crippen molar-refractivity contribution in [3.63, 3.8) is 0 Å². The van der Waals surface area contributed by atoms with E-state index in [-0.39, 0.29) is 37.4 Å². The molecule has 8 nitrogen and oxygen atoms in total. The molecule has 8 heteroatoms. The molecule has 2 aliphatic heterocycles. The molecular weight excluding hydrogens is 252 g/mol. The molecule has 2 saturated heterocycles. The summed E-state index contributed by atoms with van der Waals surface area (Å²) in [5.74, 6) is -0.990. The van der Waals surface area contributed by atoms with Gasteiger partial charge in [-0.1, -0.05) is 0 Å². The van der Waals surface area contributed by atoms with E-state index in [4.69, 9.17) is 0 Å². The Bertz CT molecular complexity index is 436. The summed E-state index contributed by atoms with van der Waals surface area (Å²) in [5.41, 5.74) is 0. The highest BCUT2D eigenvalue weighted by molar-refractivity contribution is 6.04. The fraction of sp³-hybridized carbons (Fsp3) is 0.636. The first-order chi connectivity index (χ1) is 8.99. The smallest absolute Gasteiger partial charge is 0.327 e. The first kappa shape index (κ1) is 13.3. The van der Waals surface area contributed by atoms with Crippen molar-refractivity contribution in [1.82, 2.24) is 20.0 Å². The van der Waals surface area contributed by atoms with Gasteiger partial charge in [-0.2, -0.15) is 0 Å². The molecule has 2 heterocycles. The van der Waals surface area contributed by atoms with E-state index in [0.29, 0.717) is 19.5 Å². The molecule has 19 heavy (non-hydrogen) atoms. The molecule has 5 amide bonds. The topological polar surface area (TPSA) is 90.0 Å². The number of hydrogen-bond donors (Lipinski definition) is 1. The Balaban J connectivity index is 1.98. The van der Waals surface area contributed by atoms with Crippen molar-refractivity contribution >= 4 is 23.8 Å². The highest BCUT2D eigenvalue weighted by Gasteiger charge is 2.36. The average molecular weight is 268 g/mol. The van der Waals surface area contributed by atoms with E-state index < -0.39 is 6.03 Å². The van der Waals surface area contributed by atoms with Gasteiger partial charge in [0.25, 0.3) is 5.91 Å². The maximum absolute atomic E-state index is 12.0. The predicted octanol–water partition coefficient (Wildman–Crippen LogP) is -1.77. The quantitative estimate of drug-likeness (QED) is 0.600. The third-order valence-electron chi connectivity index (χ3n) is 3.14. The standard InChI is InChI=1S/C11H16N4O4/c1-13-6-10(18)15(11(13)19)7-9(17)14-4-2-3-12-8(16)5-14/h2-7H2,1H3,(H,12,16). The lowest BCUT2D eigenvalue weighted by molar-refractivity contribution is -0.138. The maximum atomic E-state index is 12.0. The van der Waals surface area contributed by atoms with Crippen LogP contribution in [0.15, 0.2) is 0 Å². The van der Waals surface area contributed by atoms with Crippen molar-refractivity contribution in [2.75, 3.05) is 39.8 Å². The lowest BCUT2D eigenvalue weighted by Gasteiger charge is -2.21. The molecule has 0 spiro atoms. The van der Waals surface area contributed by atoms with Gasteiger partial charge < -0.3 is 15.1 Å². The van der Waals surface area contributed by atoms with Crippen molar-refractivity contribution in [2.45, 2.75) is 6.42 Å². The Morgan fingerprint density at radius 2 is 2.00 bits per heavy atom. The van der Waals surface area contributed by atoms with Crippen LogP contribution in [0.5, 0.6) is 0 Å². The number of nitrogens with zero attached hydrogens (tertiary/aromatic N) is 3. The summed E-state index contributed by atoms with van der Waals surface area (Å²) in [6.07, 6.45) is 0.666. The Hall–Kier alpha value is -2.12. The summed E-state index contributed by atoms with van der Waals surface area (Å²) in [4.78, 5) is 50.1. The Labute approximate surface area is 110 Å². The average Bonchev–Trinajstić information content (AvgIpc) is 2.57. The van der Waals surface area contributed by atoms with E-state index in [1.165, 1.54) is 16.8 Å². The fourth-order valence-corrected chi connectivity index (χ4v) is 2.08. The molecule has 0 aliphatic carbocycles. The second kappa shape index (κ2) is 5.25. The minimum Gasteiger partial charge on any atom is -0.354 e. The molecule has 0 aromatic rings. The zero-order valence-electron chi connectivity index (χ0n) is 10.7. The van der Waals surface area contributed by atoms with E-state index in [1.807, 2.05) is 0 Å². The normalized spacial score (nSPS) is 20.7. The number of hydrogen-bond acceptors (Lipinski definition) is 4. The third kappa shape index (κ3) is 2.83. The highest BCUT2D eigenvalue weighted by Crippen LogP contribution is 2.08. The lowest BCUT2D eigenvalue weighted by atomic mass is 10.3. The number of carbonyl (C=O) groups excluding carboxylic acids is 4. The number of nitrogens with one attached hydrogen (secondary N) is 1. The lowest BCUT2D eigenvalue weighted by Crippen LogP contribution is -2.45. The first-order valence-electron chi connectivity index (χ1n) is 6.09. The Kier molecular flexibility index (Phi) is 3.68. The molecule has 2 rings (SSSR count). The van der Waals surface area contributed by atoms with Gasteiger partial charge in [-0.05, 0) is 6.42 Å². The Morgan fingerprint density at radius 3 is 2.63 bits per heavy atom. The summed E-state index contributed by atoms with van der Waals surface area (Å²) in [5, 5.41) is 2.66. The van der Waals surface area contributed by atoms with Gasteiger partial charge in [-0.3, -0.25) is 19.3 Å². The van der Waals surface area contributed by atoms with Gasteiger partial charge in [0, 0.05) is 20.1 Å². The molecule has 2 aliphatic rings. The summed E-state index contributed by atoms with van der Waals surface area (Å²) < 4.78 is 0. The molecule has 104 valence electrons. The van der Waals surface area contributed by atoms with Gasteiger partial charge in [-0.25, -0.2) is 4.79 Å². The number of rotatable bonds is 2. The zero-order chi connectivity index (χ0) is 14.0. The molecule has 2 fully saturated rings. The summed E-state index contributed by atoms with van der Waals surface area (Å²) in [6.45, 7) is 0.656. The summed E-state index contributed by atoms with van der Waals surface area (Å²) in [7, 11) is 1.50. The van der Waals surface area contributed by atoms with E-state index in [1.54, 1.807) is 0 Å². The minimum absolute atomic E-state index is 0.00734. The molecule has 0 radical (unpaired) electrons. The van der Waals surface area contributed by atoms with Crippen LogP contribution in [0.1, 0.15) is 6.42 Å². The SMILES string of the molecule is CN1CC(=O)N(CC(=O)N2CCCNC(=O)C2)C1=O. The molecule has 0 atom stereocenters. The second-order valence-electron chi connectivity index (χ2n) is 4.64. The van der Waals surface area contributed by atoms with Gasteiger partial charge in [0.2, 0.25) is 11.8 Å². The van der Waals surface area contributed by atoms with Crippen LogP contribution in [0, 0.1) is 0 Å². The van der Waals surface area contributed by atoms with Crippen LogP contribution in [-0.4, -0.2) is 78.2 Å². The Morgan fingerprint density at radius 1 is 1.26 bits per heavy atom. The number of carbonyl (C=O) groups is 4. The third-order valence-corrected chi connectivity index (χ3v) is 3.14. The molecule has 1 N–H and O–H groups in total. The van der Waals surface area contributed by atoms with Gasteiger partial charge in [-0.15, -0.1) is 0 Å². The molecule has 0 bridgehead atoms. The number of amides is 5. The van der Waals surface area contributed by atoms with E-state index >= 15 is 0 Å². The highest BCUT2D eigenvalue weighted by atomic mass is 16.2. The van der Waals surface area contributed by atoms with Crippen LogP contribution in [0.2, 0.25) is 0 Å². The first-order valence-corrected chi connectivity index (χ1v) is 6.09. The fourth-order valence-electron chi connectivity index (χ4n) is 2.08. The van der Waals surface area contributed by atoms with E-state index in [9.17, 15) is 19.2 Å². The van der Waals surface area contributed by atoms with Crippen molar-refractivity contribution < 1.29 is 19.2 Å². The van der Waals surface area contributed by atoms with Crippen LogP contribution in [0.3, 0.4) is 0 Å². The van der Waals surface area contributed by atoms with Crippen LogP contribution < -0.4 is 5.32 Å². The summed E-state index contributed by atoms with van der Waals surface area (Å²) >= 11 is 0. The van der Waals surface area contributed by atoms with Gasteiger partial charge >= 0.3 is 6.03 Å². The van der Waals surface area contributed by atoms with Crippen LogP contribution >= 0.6 is 0 Å². The zero-order valence-corrected chi connectivity index (χ0v) is 10.7. The van der Waals surface area contributed by atoms with E-state index in [2.05, 4.69) is 5.32 Å². The van der Waals surface area contributed by atoms with Gasteiger partial charge in [0.05, 0.1) is 6.54 Å². The van der Waals surface area contributed by atoms with Crippen molar-refractivity contribution in [2.24, 2.45) is 0 Å². The molecular formula is C11H16N4O4. The molecule has 0 aromatic carbocycles. The monoisotopic (exact) mass is 268 g/mol.